The molecule has 1 atom stereocenters. The Morgan fingerprint density at radius 3 is 2.31 bits per heavy atom. The number of ether oxygens (including phenoxy) is 1. The molecular formula is C23H29NO2. The number of aryl methyl sites for hydroxylation is 2. The molecule has 0 bridgehead atoms. The fourth-order valence-corrected chi connectivity index (χ4v) is 3.07. The molecular weight excluding hydrogens is 322 g/mol. The molecule has 0 heterocycles. The minimum absolute atomic E-state index is 0.636. The van der Waals surface area contributed by atoms with Gasteiger partial charge in [-0.25, -0.2) is 0 Å². The van der Waals surface area contributed by atoms with Gasteiger partial charge in [-0.2, -0.15) is 0 Å². The first-order chi connectivity index (χ1) is 12.4. The lowest BCUT2D eigenvalue weighted by atomic mass is 9.84. The van der Waals surface area contributed by atoms with Crippen molar-refractivity contribution in [3.63, 3.8) is 0 Å². The van der Waals surface area contributed by atoms with Crippen LogP contribution in [-0.2, 0) is 5.60 Å². The Labute approximate surface area is 157 Å². The maximum atomic E-state index is 11.2. The quantitative estimate of drug-likeness (QED) is 0.732. The number of benzene rings is 2. The third-order valence-corrected chi connectivity index (χ3v) is 4.83. The lowest BCUT2D eigenvalue weighted by Gasteiger charge is -2.26. The van der Waals surface area contributed by atoms with Gasteiger partial charge in [-0.3, -0.25) is 0 Å². The molecule has 3 heteroatoms. The van der Waals surface area contributed by atoms with Crippen LogP contribution in [0.5, 0.6) is 5.75 Å². The Hall–Kier alpha value is -2.28. The summed E-state index contributed by atoms with van der Waals surface area (Å²) in [4.78, 5) is 2.31. The highest BCUT2D eigenvalue weighted by atomic mass is 16.5. The summed E-state index contributed by atoms with van der Waals surface area (Å²) in [5, 5.41) is 11.2. The van der Waals surface area contributed by atoms with Crippen LogP contribution in [-0.4, -0.2) is 36.2 Å². The fourth-order valence-electron chi connectivity index (χ4n) is 3.07. The minimum Gasteiger partial charge on any atom is -0.492 e. The zero-order valence-corrected chi connectivity index (χ0v) is 16.2. The van der Waals surface area contributed by atoms with Crippen molar-refractivity contribution in [1.82, 2.24) is 4.90 Å². The summed E-state index contributed by atoms with van der Waals surface area (Å²) in [6, 6.07) is 13.4. The topological polar surface area (TPSA) is 32.7 Å². The van der Waals surface area contributed by atoms with Crippen molar-refractivity contribution in [3.05, 3.63) is 64.7 Å². The zero-order chi connectivity index (χ0) is 19.2. The normalized spacial score (nSPS) is 13.3. The third kappa shape index (κ3) is 4.46. The molecule has 0 aliphatic rings. The molecule has 0 radical (unpaired) electrons. The van der Waals surface area contributed by atoms with Crippen LogP contribution in [0.15, 0.2) is 42.5 Å². The molecule has 0 saturated heterocycles. The molecule has 0 saturated carbocycles. The Balaban J connectivity index is 2.17. The summed E-state index contributed by atoms with van der Waals surface area (Å²) >= 11 is 0. The van der Waals surface area contributed by atoms with Crippen LogP contribution in [0.3, 0.4) is 0 Å². The number of hydrogen-bond acceptors (Lipinski definition) is 3. The molecule has 26 heavy (non-hydrogen) atoms. The van der Waals surface area contributed by atoms with Crippen molar-refractivity contribution in [2.45, 2.75) is 33.3 Å². The van der Waals surface area contributed by atoms with Gasteiger partial charge in [0.05, 0.1) is 0 Å². The maximum absolute atomic E-state index is 11.2. The lowest BCUT2D eigenvalue weighted by Crippen LogP contribution is -2.28. The summed E-state index contributed by atoms with van der Waals surface area (Å²) in [7, 11) is 0. The van der Waals surface area contributed by atoms with Crippen molar-refractivity contribution in [2.24, 2.45) is 0 Å². The van der Waals surface area contributed by atoms with Crippen LogP contribution in [0.4, 0.5) is 0 Å². The molecule has 0 aliphatic carbocycles. The lowest BCUT2D eigenvalue weighted by molar-refractivity contribution is 0.144. The van der Waals surface area contributed by atoms with Gasteiger partial charge in [0, 0.05) is 17.7 Å². The van der Waals surface area contributed by atoms with E-state index in [0.29, 0.717) is 12.2 Å². The number of aliphatic hydroxyl groups is 1. The molecule has 1 unspecified atom stereocenters. The van der Waals surface area contributed by atoms with E-state index < -0.39 is 5.60 Å². The smallest absolute Gasteiger partial charge is 0.176 e. The van der Waals surface area contributed by atoms with E-state index in [1.165, 1.54) is 0 Å². The molecule has 2 aromatic carbocycles. The van der Waals surface area contributed by atoms with Gasteiger partial charge < -0.3 is 14.7 Å². The van der Waals surface area contributed by atoms with E-state index in [9.17, 15) is 5.11 Å². The van der Waals surface area contributed by atoms with Gasteiger partial charge in [-0.05, 0) is 44.6 Å². The summed E-state index contributed by atoms with van der Waals surface area (Å²) in [6.07, 6.45) is 5.74. The van der Waals surface area contributed by atoms with E-state index >= 15 is 0 Å². The predicted octanol–water partition coefficient (Wildman–Crippen LogP) is 3.89. The molecule has 138 valence electrons. The fraction of sp³-hybridized carbons (Fsp3) is 0.391. The van der Waals surface area contributed by atoms with Crippen molar-refractivity contribution in [2.75, 3.05) is 26.2 Å². The number of likely N-dealkylation sites (N-methyl/N-ethyl adjacent to an activating group) is 1. The Bertz CT molecular complexity index is 757. The van der Waals surface area contributed by atoms with Crippen molar-refractivity contribution in [1.29, 1.82) is 0 Å². The van der Waals surface area contributed by atoms with Gasteiger partial charge in [0.1, 0.15) is 12.4 Å². The molecule has 1 N–H and O–H groups in total. The molecule has 2 rings (SSSR count). The first-order valence-electron chi connectivity index (χ1n) is 9.18. The first-order valence-corrected chi connectivity index (χ1v) is 9.18. The van der Waals surface area contributed by atoms with E-state index in [1.807, 2.05) is 56.3 Å². The van der Waals surface area contributed by atoms with Crippen LogP contribution < -0.4 is 4.74 Å². The molecule has 3 nitrogen and oxygen atoms in total. The van der Waals surface area contributed by atoms with Crippen molar-refractivity contribution in [3.8, 4) is 18.1 Å². The Morgan fingerprint density at radius 2 is 1.73 bits per heavy atom. The van der Waals surface area contributed by atoms with Gasteiger partial charge >= 0.3 is 0 Å². The number of nitrogens with zero attached hydrogens (tertiary/aromatic N) is 1. The predicted molar refractivity (Wildman–Crippen MR) is 107 cm³/mol. The molecule has 0 amide bonds. The van der Waals surface area contributed by atoms with Gasteiger partial charge in [0.2, 0.25) is 0 Å². The number of rotatable bonds is 8. The van der Waals surface area contributed by atoms with E-state index in [2.05, 4.69) is 24.7 Å². The Kier molecular flexibility index (Phi) is 6.85. The van der Waals surface area contributed by atoms with Gasteiger partial charge in [0.25, 0.3) is 0 Å². The van der Waals surface area contributed by atoms with Crippen molar-refractivity contribution >= 4 is 0 Å². The number of terminal acetylenes is 1. The SMILES string of the molecule is C#CC(O)(c1ccc(OCCN(CC)CC)cc1)c1cc(C)ccc1C. The molecule has 0 aromatic heterocycles. The summed E-state index contributed by atoms with van der Waals surface area (Å²) in [6.45, 7) is 11.8. The number of hydrogen-bond donors (Lipinski definition) is 1. The second kappa shape index (κ2) is 8.89. The highest BCUT2D eigenvalue weighted by Crippen LogP contribution is 2.32. The van der Waals surface area contributed by atoms with E-state index in [4.69, 9.17) is 11.2 Å². The Morgan fingerprint density at radius 1 is 1.08 bits per heavy atom. The van der Waals surface area contributed by atoms with E-state index in [0.717, 1.165) is 42.1 Å². The molecule has 0 fully saturated rings. The summed E-state index contributed by atoms with van der Waals surface area (Å²) in [5.41, 5.74) is 2.00. The van der Waals surface area contributed by atoms with Crippen molar-refractivity contribution < 1.29 is 9.84 Å². The first kappa shape index (κ1) is 20.0. The molecule has 0 spiro atoms. The highest BCUT2D eigenvalue weighted by molar-refractivity contribution is 5.49. The van der Waals surface area contributed by atoms with Crippen LogP contribution >= 0.6 is 0 Å². The average Bonchev–Trinajstić information content (AvgIpc) is 2.67. The van der Waals surface area contributed by atoms with Crippen LogP contribution in [0.1, 0.15) is 36.1 Å². The maximum Gasteiger partial charge on any atom is 0.176 e. The molecule has 0 aliphatic heterocycles. The van der Waals surface area contributed by atoms with Crippen LogP contribution in [0.2, 0.25) is 0 Å². The highest BCUT2D eigenvalue weighted by Gasteiger charge is 2.30. The monoisotopic (exact) mass is 351 g/mol. The standard InChI is InChI=1S/C23H29NO2/c1-6-23(25,22-17-18(4)9-10-19(22)5)20-11-13-21(14-12-20)26-16-15-24(7-2)8-3/h1,9-14,17,25H,7-8,15-16H2,2-5H3. The second-order valence-electron chi connectivity index (χ2n) is 6.57. The van der Waals surface area contributed by atoms with E-state index in [1.54, 1.807) is 0 Å². The average molecular weight is 351 g/mol. The third-order valence-electron chi connectivity index (χ3n) is 4.83. The van der Waals surface area contributed by atoms with Gasteiger partial charge in [-0.15, -0.1) is 6.42 Å². The largest absolute Gasteiger partial charge is 0.492 e. The zero-order valence-electron chi connectivity index (χ0n) is 16.2. The second-order valence-corrected chi connectivity index (χ2v) is 6.57. The van der Waals surface area contributed by atoms with Gasteiger partial charge in [0.15, 0.2) is 5.60 Å². The molecule has 2 aromatic rings. The van der Waals surface area contributed by atoms with Crippen LogP contribution in [0.25, 0.3) is 0 Å². The summed E-state index contributed by atoms with van der Waals surface area (Å²) < 4.78 is 5.82. The van der Waals surface area contributed by atoms with Gasteiger partial charge in [-0.1, -0.05) is 55.7 Å². The minimum atomic E-state index is -1.45. The van der Waals surface area contributed by atoms with Crippen LogP contribution in [0, 0.1) is 26.2 Å². The van der Waals surface area contributed by atoms with E-state index in [-0.39, 0.29) is 0 Å². The summed E-state index contributed by atoms with van der Waals surface area (Å²) in [5.74, 6) is 3.36.